The largest absolute Gasteiger partial charge is 0.378 e. The first kappa shape index (κ1) is 14.2. The van der Waals surface area contributed by atoms with Gasteiger partial charge in [0.05, 0.1) is 10.6 Å². The van der Waals surface area contributed by atoms with E-state index in [-0.39, 0.29) is 23.5 Å². The number of halogens is 3. The van der Waals surface area contributed by atoms with Crippen molar-refractivity contribution < 1.29 is 13.7 Å². The Balaban J connectivity index is 2.20. The molecule has 0 aliphatic carbocycles. The number of anilines is 1. The lowest BCUT2D eigenvalue weighted by molar-refractivity contribution is -0.384. The smallest absolute Gasteiger partial charge is 0.271 e. The minimum Gasteiger partial charge on any atom is -0.378 e. The molecule has 2 rings (SSSR count). The van der Waals surface area contributed by atoms with E-state index in [0.717, 1.165) is 18.2 Å². The summed E-state index contributed by atoms with van der Waals surface area (Å²) in [5.41, 5.74) is -0.0811. The van der Waals surface area contributed by atoms with Crippen molar-refractivity contribution in [1.82, 2.24) is 0 Å². The predicted molar refractivity (Wildman–Crippen MR) is 71.8 cm³/mol. The van der Waals surface area contributed by atoms with Crippen molar-refractivity contribution in [2.45, 2.75) is 6.54 Å². The summed E-state index contributed by atoms with van der Waals surface area (Å²) in [5, 5.41) is 13.6. The molecule has 0 radical (unpaired) electrons. The molecule has 0 fully saturated rings. The van der Waals surface area contributed by atoms with Crippen molar-refractivity contribution in [1.29, 1.82) is 0 Å². The van der Waals surface area contributed by atoms with Crippen molar-refractivity contribution in [3.8, 4) is 0 Å². The fourth-order valence-corrected chi connectivity index (χ4v) is 1.83. The SMILES string of the molecule is O=[N+]([O-])c1ccc(F)c(NCc2cc(Cl)ccc2F)c1. The third kappa shape index (κ3) is 3.21. The topological polar surface area (TPSA) is 55.2 Å². The molecule has 1 N–H and O–H groups in total. The number of nitro groups is 1. The summed E-state index contributed by atoms with van der Waals surface area (Å²) in [7, 11) is 0. The second-order valence-corrected chi connectivity index (χ2v) is 4.45. The minimum absolute atomic E-state index is 0.0372. The van der Waals surface area contributed by atoms with Crippen molar-refractivity contribution in [2.24, 2.45) is 0 Å². The monoisotopic (exact) mass is 298 g/mol. The van der Waals surface area contributed by atoms with Gasteiger partial charge in [0.1, 0.15) is 11.6 Å². The summed E-state index contributed by atoms with van der Waals surface area (Å²) < 4.78 is 27.0. The molecule has 0 bridgehead atoms. The first-order chi connectivity index (χ1) is 9.47. The van der Waals surface area contributed by atoms with Gasteiger partial charge in [0.25, 0.3) is 5.69 Å². The molecule has 7 heteroatoms. The number of hydrogen-bond donors (Lipinski definition) is 1. The summed E-state index contributed by atoms with van der Waals surface area (Å²) in [5.74, 6) is -1.15. The van der Waals surface area contributed by atoms with Crippen LogP contribution in [0.1, 0.15) is 5.56 Å². The molecule has 0 aliphatic heterocycles. The number of benzene rings is 2. The van der Waals surface area contributed by atoms with Gasteiger partial charge in [-0.3, -0.25) is 10.1 Å². The number of hydrogen-bond acceptors (Lipinski definition) is 3. The molecular formula is C13H9ClF2N2O2. The van der Waals surface area contributed by atoms with E-state index in [1.807, 2.05) is 0 Å². The molecule has 2 aromatic carbocycles. The summed E-state index contributed by atoms with van der Waals surface area (Å²) in [4.78, 5) is 9.98. The van der Waals surface area contributed by atoms with Gasteiger partial charge in [-0.2, -0.15) is 0 Å². The molecule has 0 spiro atoms. The Kier molecular flexibility index (Phi) is 4.14. The lowest BCUT2D eigenvalue weighted by atomic mass is 10.2. The molecule has 2 aromatic rings. The van der Waals surface area contributed by atoms with Crippen LogP contribution in [0.15, 0.2) is 36.4 Å². The summed E-state index contributed by atoms with van der Waals surface area (Å²) >= 11 is 5.74. The van der Waals surface area contributed by atoms with Gasteiger partial charge in [0.15, 0.2) is 0 Å². The number of nitrogens with zero attached hydrogens (tertiary/aromatic N) is 1. The minimum atomic E-state index is -0.655. The van der Waals surface area contributed by atoms with Crippen molar-refractivity contribution in [3.63, 3.8) is 0 Å². The van der Waals surface area contributed by atoms with E-state index in [1.54, 1.807) is 0 Å². The second kappa shape index (κ2) is 5.83. The van der Waals surface area contributed by atoms with Crippen LogP contribution in [0.25, 0.3) is 0 Å². The van der Waals surface area contributed by atoms with Crippen LogP contribution in [0, 0.1) is 21.7 Å². The van der Waals surface area contributed by atoms with Crippen LogP contribution in [-0.4, -0.2) is 4.92 Å². The van der Waals surface area contributed by atoms with E-state index < -0.39 is 16.6 Å². The maximum Gasteiger partial charge on any atom is 0.271 e. The van der Waals surface area contributed by atoms with E-state index in [1.165, 1.54) is 18.2 Å². The number of nitrogens with one attached hydrogen (secondary N) is 1. The zero-order valence-electron chi connectivity index (χ0n) is 10.1. The Morgan fingerprint density at radius 2 is 1.85 bits per heavy atom. The summed E-state index contributed by atoms with van der Waals surface area (Å²) in [6.07, 6.45) is 0. The molecule has 0 unspecified atom stereocenters. The standard InChI is InChI=1S/C13H9ClF2N2O2/c14-9-1-3-11(15)8(5-9)7-17-13-6-10(18(19)20)2-4-12(13)16/h1-6,17H,7H2. The molecule has 20 heavy (non-hydrogen) atoms. The average Bonchev–Trinajstić information content (AvgIpc) is 2.41. The number of nitro benzene ring substituents is 1. The normalized spacial score (nSPS) is 10.3. The van der Waals surface area contributed by atoms with Crippen LogP contribution in [0.3, 0.4) is 0 Å². The molecule has 0 amide bonds. The van der Waals surface area contributed by atoms with E-state index in [4.69, 9.17) is 11.6 Å². The van der Waals surface area contributed by atoms with Crippen molar-refractivity contribution >= 4 is 23.0 Å². The Hall–Kier alpha value is -2.21. The highest BCUT2D eigenvalue weighted by Crippen LogP contribution is 2.23. The summed E-state index contributed by atoms with van der Waals surface area (Å²) in [6, 6.07) is 7.09. The Bertz CT molecular complexity index is 665. The van der Waals surface area contributed by atoms with E-state index in [9.17, 15) is 18.9 Å². The third-order valence-electron chi connectivity index (χ3n) is 2.64. The Labute approximate surface area is 118 Å². The highest BCUT2D eigenvalue weighted by molar-refractivity contribution is 6.30. The maximum atomic E-state index is 13.5. The fraction of sp³-hybridized carbons (Fsp3) is 0.0769. The van der Waals surface area contributed by atoms with Crippen LogP contribution in [0.5, 0.6) is 0 Å². The van der Waals surface area contributed by atoms with Gasteiger partial charge in [-0.1, -0.05) is 11.6 Å². The van der Waals surface area contributed by atoms with Crippen LogP contribution in [0.2, 0.25) is 5.02 Å². The molecule has 0 saturated carbocycles. The molecule has 0 aliphatic rings. The molecule has 0 aromatic heterocycles. The fourth-order valence-electron chi connectivity index (χ4n) is 1.63. The average molecular weight is 299 g/mol. The van der Waals surface area contributed by atoms with Crippen LogP contribution >= 0.6 is 11.6 Å². The summed E-state index contributed by atoms with van der Waals surface area (Å²) in [6.45, 7) is -0.0372. The highest BCUT2D eigenvalue weighted by atomic mass is 35.5. The van der Waals surface area contributed by atoms with Gasteiger partial charge < -0.3 is 5.32 Å². The van der Waals surface area contributed by atoms with E-state index in [2.05, 4.69) is 5.32 Å². The zero-order valence-corrected chi connectivity index (χ0v) is 10.8. The molecule has 0 atom stereocenters. The Morgan fingerprint density at radius 1 is 1.15 bits per heavy atom. The van der Waals surface area contributed by atoms with Gasteiger partial charge in [0.2, 0.25) is 0 Å². The van der Waals surface area contributed by atoms with Gasteiger partial charge in [-0.25, -0.2) is 8.78 Å². The zero-order chi connectivity index (χ0) is 14.7. The lowest BCUT2D eigenvalue weighted by Gasteiger charge is -2.08. The van der Waals surface area contributed by atoms with Crippen LogP contribution in [-0.2, 0) is 6.54 Å². The van der Waals surface area contributed by atoms with Crippen LogP contribution < -0.4 is 5.32 Å². The van der Waals surface area contributed by atoms with Crippen molar-refractivity contribution in [3.05, 3.63) is 68.7 Å². The third-order valence-corrected chi connectivity index (χ3v) is 2.87. The van der Waals surface area contributed by atoms with Crippen molar-refractivity contribution in [2.75, 3.05) is 5.32 Å². The quantitative estimate of drug-likeness (QED) is 0.682. The molecule has 0 heterocycles. The highest BCUT2D eigenvalue weighted by Gasteiger charge is 2.11. The van der Waals surface area contributed by atoms with Gasteiger partial charge in [-0.05, 0) is 24.3 Å². The maximum absolute atomic E-state index is 13.5. The molecule has 0 saturated heterocycles. The molecule has 4 nitrogen and oxygen atoms in total. The molecule has 104 valence electrons. The number of non-ortho nitro benzene ring substituents is 1. The van der Waals surface area contributed by atoms with E-state index in [0.29, 0.717) is 5.02 Å². The number of rotatable bonds is 4. The lowest BCUT2D eigenvalue weighted by Crippen LogP contribution is -2.04. The Morgan fingerprint density at radius 3 is 2.55 bits per heavy atom. The first-order valence-electron chi connectivity index (χ1n) is 5.59. The van der Waals surface area contributed by atoms with Crippen LogP contribution in [0.4, 0.5) is 20.2 Å². The van der Waals surface area contributed by atoms with Gasteiger partial charge in [-0.15, -0.1) is 0 Å². The first-order valence-corrected chi connectivity index (χ1v) is 5.97. The predicted octanol–water partition coefficient (Wildman–Crippen LogP) is 4.14. The molecular weight excluding hydrogens is 290 g/mol. The van der Waals surface area contributed by atoms with E-state index >= 15 is 0 Å². The van der Waals surface area contributed by atoms with Gasteiger partial charge in [0, 0.05) is 29.3 Å². The second-order valence-electron chi connectivity index (χ2n) is 4.01. The van der Waals surface area contributed by atoms with Gasteiger partial charge >= 0.3 is 0 Å².